The predicted octanol–water partition coefficient (Wildman–Crippen LogP) is 2.77. The first-order chi connectivity index (χ1) is 11.1. The van der Waals surface area contributed by atoms with Gasteiger partial charge in [-0.25, -0.2) is 0 Å². The number of carbonyl (C=O) groups is 1. The quantitative estimate of drug-likeness (QED) is 0.583. The minimum Gasteiger partial charge on any atom is -0.494 e. The van der Waals surface area contributed by atoms with Crippen molar-refractivity contribution in [3.05, 3.63) is 29.8 Å². The van der Waals surface area contributed by atoms with E-state index >= 15 is 0 Å². The van der Waals surface area contributed by atoms with Gasteiger partial charge in [0.2, 0.25) is 0 Å². The summed E-state index contributed by atoms with van der Waals surface area (Å²) < 4.78 is 5.36. The van der Waals surface area contributed by atoms with E-state index in [4.69, 9.17) is 17.0 Å². The molecule has 1 aliphatic carbocycles. The first-order valence-electron chi connectivity index (χ1n) is 8.20. The molecule has 0 spiro atoms. The summed E-state index contributed by atoms with van der Waals surface area (Å²) in [5.74, 6) is 1.12. The Hall–Kier alpha value is -1.82. The van der Waals surface area contributed by atoms with Crippen molar-refractivity contribution in [1.29, 1.82) is 0 Å². The molecule has 0 unspecified atom stereocenters. The first-order valence-corrected chi connectivity index (χ1v) is 8.60. The van der Waals surface area contributed by atoms with E-state index in [0.717, 1.165) is 12.2 Å². The van der Waals surface area contributed by atoms with Crippen LogP contribution in [0.15, 0.2) is 24.3 Å². The summed E-state index contributed by atoms with van der Waals surface area (Å²) in [6, 6.07) is 7.38. The number of nitrogens with one attached hydrogen (secondary N) is 3. The number of carbonyl (C=O) groups excluding carboxylic acids is 1. The molecule has 0 bridgehead atoms. The van der Waals surface area contributed by atoms with Crippen molar-refractivity contribution in [1.82, 2.24) is 16.2 Å². The van der Waals surface area contributed by atoms with Gasteiger partial charge in [0.25, 0.3) is 5.91 Å². The maximum atomic E-state index is 12.1. The fraction of sp³-hybridized carbons (Fsp3) is 0.529. The van der Waals surface area contributed by atoms with Crippen molar-refractivity contribution in [2.45, 2.75) is 45.6 Å². The van der Waals surface area contributed by atoms with Crippen LogP contribution in [0.4, 0.5) is 0 Å². The van der Waals surface area contributed by atoms with Gasteiger partial charge in [0, 0.05) is 11.6 Å². The monoisotopic (exact) mass is 335 g/mol. The molecule has 0 aliphatic heterocycles. The maximum absolute atomic E-state index is 12.1. The van der Waals surface area contributed by atoms with Crippen LogP contribution in [0.5, 0.6) is 5.75 Å². The van der Waals surface area contributed by atoms with Crippen LogP contribution in [0, 0.1) is 5.92 Å². The third kappa shape index (κ3) is 5.39. The molecule has 1 aliphatic rings. The van der Waals surface area contributed by atoms with Gasteiger partial charge in [-0.1, -0.05) is 19.8 Å². The van der Waals surface area contributed by atoms with E-state index in [2.05, 4.69) is 23.1 Å². The molecule has 0 aromatic heterocycles. The fourth-order valence-electron chi connectivity index (χ4n) is 2.79. The molecule has 1 amide bonds. The normalized spacial score (nSPS) is 20.4. The molecular weight excluding hydrogens is 310 g/mol. The van der Waals surface area contributed by atoms with Crippen molar-refractivity contribution in [2.24, 2.45) is 5.92 Å². The second-order valence-corrected chi connectivity index (χ2v) is 6.29. The van der Waals surface area contributed by atoms with E-state index in [-0.39, 0.29) is 5.91 Å². The number of hydrazine groups is 1. The van der Waals surface area contributed by atoms with Gasteiger partial charge in [0.1, 0.15) is 5.75 Å². The topological polar surface area (TPSA) is 62.4 Å². The van der Waals surface area contributed by atoms with Crippen LogP contribution in [0.2, 0.25) is 0 Å². The zero-order valence-corrected chi connectivity index (χ0v) is 14.5. The summed E-state index contributed by atoms with van der Waals surface area (Å²) in [6.07, 6.45) is 4.85. The Balaban J connectivity index is 1.77. The summed E-state index contributed by atoms with van der Waals surface area (Å²) in [4.78, 5) is 12.1. The Morgan fingerprint density at radius 3 is 2.57 bits per heavy atom. The van der Waals surface area contributed by atoms with Gasteiger partial charge in [-0.15, -0.1) is 0 Å². The van der Waals surface area contributed by atoms with Crippen molar-refractivity contribution in [3.63, 3.8) is 0 Å². The van der Waals surface area contributed by atoms with Crippen molar-refractivity contribution in [3.8, 4) is 5.75 Å². The van der Waals surface area contributed by atoms with E-state index < -0.39 is 0 Å². The molecular formula is C17H25N3O2S. The molecule has 0 radical (unpaired) electrons. The molecule has 5 nitrogen and oxygen atoms in total. The average molecular weight is 335 g/mol. The summed E-state index contributed by atoms with van der Waals surface area (Å²) in [6.45, 7) is 4.76. The number of thiocarbonyl (C=S) groups is 1. The van der Waals surface area contributed by atoms with Gasteiger partial charge in [-0.05, 0) is 62.2 Å². The molecule has 126 valence electrons. The minimum absolute atomic E-state index is 0.228. The SMILES string of the molecule is CCOc1ccc(C(=O)NNC(=S)N[C@@H]2CCCC[C@H]2C)cc1. The molecule has 2 rings (SSSR count). The largest absolute Gasteiger partial charge is 0.494 e. The first kappa shape index (κ1) is 17.5. The molecule has 6 heteroatoms. The molecule has 1 aromatic rings. The smallest absolute Gasteiger partial charge is 0.269 e. The van der Waals surface area contributed by atoms with E-state index in [0.29, 0.717) is 29.2 Å². The fourth-order valence-corrected chi connectivity index (χ4v) is 2.99. The standard InChI is InChI=1S/C17H25N3O2S/c1-3-22-14-10-8-13(9-11-14)16(21)19-20-17(23)18-15-7-5-4-6-12(15)2/h8-12,15H,3-7H2,1-2H3,(H,19,21)(H2,18,20,23)/t12-,15-/m1/s1. The molecule has 23 heavy (non-hydrogen) atoms. The number of rotatable bonds is 4. The summed E-state index contributed by atoms with van der Waals surface area (Å²) >= 11 is 5.25. The lowest BCUT2D eigenvalue weighted by atomic mass is 9.86. The van der Waals surface area contributed by atoms with Crippen LogP contribution < -0.4 is 20.9 Å². The van der Waals surface area contributed by atoms with Crippen LogP contribution in [-0.4, -0.2) is 23.7 Å². The highest BCUT2D eigenvalue weighted by molar-refractivity contribution is 7.80. The summed E-state index contributed by atoms with van der Waals surface area (Å²) in [7, 11) is 0. The Kier molecular flexibility index (Phi) is 6.65. The summed E-state index contributed by atoms with van der Waals surface area (Å²) in [5, 5.41) is 3.75. The van der Waals surface area contributed by atoms with Gasteiger partial charge >= 0.3 is 0 Å². The van der Waals surface area contributed by atoms with E-state index in [1.807, 2.05) is 6.92 Å². The molecule has 1 saturated carbocycles. The van der Waals surface area contributed by atoms with E-state index in [1.54, 1.807) is 24.3 Å². The van der Waals surface area contributed by atoms with E-state index in [9.17, 15) is 4.79 Å². The second-order valence-electron chi connectivity index (χ2n) is 5.88. The number of benzene rings is 1. The van der Waals surface area contributed by atoms with Gasteiger partial charge in [0.15, 0.2) is 5.11 Å². The van der Waals surface area contributed by atoms with Gasteiger partial charge in [-0.3, -0.25) is 15.6 Å². The highest BCUT2D eigenvalue weighted by atomic mass is 32.1. The van der Waals surface area contributed by atoms with Crippen LogP contribution >= 0.6 is 12.2 Å². The number of ether oxygens (including phenoxy) is 1. The Bertz CT molecular complexity index is 533. The van der Waals surface area contributed by atoms with Gasteiger partial charge in [0.05, 0.1) is 6.61 Å². The zero-order valence-electron chi connectivity index (χ0n) is 13.7. The molecule has 3 N–H and O–H groups in total. The Morgan fingerprint density at radius 2 is 1.91 bits per heavy atom. The Labute approximate surface area is 143 Å². The van der Waals surface area contributed by atoms with Gasteiger partial charge < -0.3 is 10.1 Å². The van der Waals surface area contributed by atoms with Crippen LogP contribution in [0.25, 0.3) is 0 Å². The molecule has 0 heterocycles. The number of amides is 1. The predicted molar refractivity (Wildman–Crippen MR) is 95.4 cm³/mol. The maximum Gasteiger partial charge on any atom is 0.269 e. The minimum atomic E-state index is -0.228. The highest BCUT2D eigenvalue weighted by Crippen LogP contribution is 2.23. The average Bonchev–Trinajstić information content (AvgIpc) is 2.56. The Morgan fingerprint density at radius 1 is 1.22 bits per heavy atom. The lowest BCUT2D eigenvalue weighted by molar-refractivity contribution is 0.0943. The van der Waals surface area contributed by atoms with E-state index in [1.165, 1.54) is 19.3 Å². The molecule has 1 aromatic carbocycles. The van der Waals surface area contributed by atoms with Gasteiger partial charge in [-0.2, -0.15) is 0 Å². The number of hydrogen-bond donors (Lipinski definition) is 3. The molecule has 1 fully saturated rings. The van der Waals surface area contributed by atoms with Crippen molar-refractivity contribution < 1.29 is 9.53 Å². The lowest BCUT2D eigenvalue weighted by Crippen LogP contribution is -2.51. The van der Waals surface area contributed by atoms with Crippen molar-refractivity contribution in [2.75, 3.05) is 6.61 Å². The third-order valence-corrected chi connectivity index (χ3v) is 4.36. The van der Waals surface area contributed by atoms with Crippen LogP contribution in [-0.2, 0) is 0 Å². The lowest BCUT2D eigenvalue weighted by Gasteiger charge is -2.30. The van der Waals surface area contributed by atoms with Crippen molar-refractivity contribution >= 4 is 23.2 Å². The highest BCUT2D eigenvalue weighted by Gasteiger charge is 2.21. The third-order valence-electron chi connectivity index (χ3n) is 4.15. The second kappa shape index (κ2) is 8.72. The van der Waals surface area contributed by atoms with Crippen LogP contribution in [0.3, 0.4) is 0 Å². The molecule has 2 atom stereocenters. The molecule has 0 saturated heterocycles. The zero-order chi connectivity index (χ0) is 16.7. The summed E-state index contributed by atoms with van der Waals surface area (Å²) in [5.41, 5.74) is 5.95. The van der Waals surface area contributed by atoms with Crippen LogP contribution in [0.1, 0.15) is 49.9 Å². The number of hydrogen-bond acceptors (Lipinski definition) is 3.